The fourth-order valence-corrected chi connectivity index (χ4v) is 4.91. The number of nitrogens with one attached hydrogen (secondary N) is 1. The topological polar surface area (TPSA) is 140 Å². The fourth-order valence-electron chi connectivity index (χ4n) is 3.74. The van der Waals surface area contributed by atoms with Gasteiger partial charge in [0.25, 0.3) is 16.0 Å². The largest absolute Gasteiger partial charge is 1.00 e. The summed E-state index contributed by atoms with van der Waals surface area (Å²) in [6, 6.07) is 15.4. The van der Waals surface area contributed by atoms with E-state index in [1.807, 2.05) is 0 Å². The minimum Gasteiger partial charge on any atom is -0.870 e. The van der Waals surface area contributed by atoms with E-state index in [0.717, 1.165) is 6.07 Å². The number of carbonyl (C=O) groups excluding carboxylic acids is 1. The van der Waals surface area contributed by atoms with E-state index >= 15 is 0 Å². The van der Waals surface area contributed by atoms with E-state index in [9.17, 15) is 22.9 Å². The molecule has 0 saturated heterocycles. The Bertz CT molecular complexity index is 1690. The maximum Gasteiger partial charge on any atom is 1.00 e. The Labute approximate surface area is 256 Å². The molecule has 196 valence electrons. The van der Waals surface area contributed by atoms with Crippen LogP contribution in [0.2, 0.25) is 10.0 Å². The van der Waals surface area contributed by atoms with Gasteiger partial charge in [0.1, 0.15) is 17.1 Å². The molecule has 2 N–H and O–H groups in total. The van der Waals surface area contributed by atoms with Gasteiger partial charge >= 0.3 is 29.6 Å². The van der Waals surface area contributed by atoms with Crippen molar-refractivity contribution in [3.8, 4) is 11.5 Å². The number of amides is 1. The summed E-state index contributed by atoms with van der Waals surface area (Å²) in [5.74, 6) is -1.07. The smallest absolute Gasteiger partial charge is 0.870 e. The van der Waals surface area contributed by atoms with Crippen LogP contribution in [0, 0.1) is 6.92 Å². The van der Waals surface area contributed by atoms with Crippen LogP contribution in [0.15, 0.2) is 75.8 Å². The zero-order valence-electron chi connectivity index (χ0n) is 21.0. The van der Waals surface area contributed by atoms with Gasteiger partial charge in [0.2, 0.25) is 0 Å². The van der Waals surface area contributed by atoms with E-state index in [1.165, 1.54) is 19.1 Å². The van der Waals surface area contributed by atoms with Crippen molar-refractivity contribution >= 4 is 67.1 Å². The number of fused-ring (bicyclic) bond motifs is 1. The first-order chi connectivity index (χ1) is 18.0. The Hall–Kier alpha value is -2.70. The van der Waals surface area contributed by atoms with E-state index in [0.29, 0.717) is 28.7 Å². The standard InChI is InChI=1S/C26H21Cl2N3O6S.Na/c1-3-37-21-10-6-9-19(27)24(21)29-26(33)18-12-15-7-4-5-8-17(15)23(25(18)32)31-30-22-14(2)11-16(13-20(22)28)38(34,35)36;/h4-13,32H,3H2,1-2H3,(H,29,33)(H,34,35,36);/q;+1/p-1. The molecular formula is C26H20Cl2N3NaO6S. The minimum atomic E-state index is -4.49. The van der Waals surface area contributed by atoms with Gasteiger partial charge in [0, 0.05) is 10.9 Å². The van der Waals surface area contributed by atoms with Gasteiger partial charge in [-0.2, -0.15) is 13.5 Å². The predicted molar refractivity (Wildman–Crippen MR) is 144 cm³/mol. The predicted octanol–water partition coefficient (Wildman–Crippen LogP) is 3.85. The maximum atomic E-state index is 13.5. The molecule has 0 heterocycles. The van der Waals surface area contributed by atoms with Crippen LogP contribution in [0.25, 0.3) is 10.8 Å². The molecule has 13 heteroatoms. The number of halogens is 2. The van der Waals surface area contributed by atoms with E-state index in [1.54, 1.807) is 49.4 Å². The number of ether oxygens (including phenoxy) is 1. The first kappa shape index (κ1) is 30.8. The summed E-state index contributed by atoms with van der Waals surface area (Å²) in [7, 11) is -4.49. The Morgan fingerprint density at radius 3 is 2.38 bits per heavy atom. The average molecular weight is 596 g/mol. The van der Waals surface area contributed by atoms with Gasteiger partial charge in [-0.25, -0.2) is 0 Å². The molecule has 0 radical (unpaired) electrons. The third-order valence-electron chi connectivity index (χ3n) is 5.51. The molecule has 0 fully saturated rings. The number of hydrogen-bond acceptors (Lipinski definition) is 7. The summed E-state index contributed by atoms with van der Waals surface area (Å²) in [6.45, 7) is 3.64. The Balaban J connectivity index is 0.00000420. The van der Waals surface area contributed by atoms with Crippen LogP contribution in [0.1, 0.15) is 22.8 Å². The summed E-state index contributed by atoms with van der Waals surface area (Å²) in [5, 5.41) is 25.5. The van der Waals surface area contributed by atoms with Crippen LogP contribution in [0.5, 0.6) is 11.5 Å². The van der Waals surface area contributed by atoms with Crippen LogP contribution in [0.4, 0.5) is 17.1 Å². The Morgan fingerprint density at radius 2 is 1.72 bits per heavy atom. The van der Waals surface area contributed by atoms with E-state index in [2.05, 4.69) is 15.5 Å². The molecule has 0 spiro atoms. The van der Waals surface area contributed by atoms with Crippen molar-refractivity contribution < 1.29 is 57.2 Å². The summed E-state index contributed by atoms with van der Waals surface area (Å²) in [6.07, 6.45) is 0. The molecule has 4 rings (SSSR count). The first-order valence-corrected chi connectivity index (χ1v) is 13.4. The Morgan fingerprint density at radius 1 is 1.03 bits per heavy atom. The fraction of sp³-hybridized carbons (Fsp3) is 0.115. The van der Waals surface area contributed by atoms with Gasteiger partial charge in [0.15, 0.2) is 0 Å². The van der Waals surface area contributed by atoms with Crippen LogP contribution < -0.4 is 44.7 Å². The van der Waals surface area contributed by atoms with Gasteiger partial charge in [-0.1, -0.05) is 59.3 Å². The number of anilines is 1. The summed E-state index contributed by atoms with van der Waals surface area (Å²) in [4.78, 5) is 12.9. The molecule has 0 aromatic heterocycles. The van der Waals surface area contributed by atoms with Crippen molar-refractivity contribution in [1.82, 2.24) is 0 Å². The van der Waals surface area contributed by atoms with Crippen molar-refractivity contribution in [2.24, 2.45) is 10.2 Å². The van der Waals surface area contributed by atoms with Gasteiger partial charge < -0.3 is 15.2 Å². The molecule has 0 aliphatic rings. The van der Waals surface area contributed by atoms with Crippen molar-refractivity contribution in [2.75, 3.05) is 11.9 Å². The second kappa shape index (κ2) is 12.6. The summed E-state index contributed by atoms with van der Waals surface area (Å²) in [5.41, 5.74) is 0.283. The number of benzene rings is 4. The van der Waals surface area contributed by atoms with Gasteiger partial charge in [-0.15, -0.1) is 5.11 Å². The van der Waals surface area contributed by atoms with E-state index in [-0.39, 0.29) is 62.2 Å². The third-order valence-corrected chi connectivity index (χ3v) is 6.94. The number of aryl methyl sites for hydroxylation is 1. The van der Waals surface area contributed by atoms with Crippen molar-refractivity contribution in [3.63, 3.8) is 0 Å². The SMILES string of the molecule is CCOc1cccc(Cl)c1NC(=O)c1cc2ccccc2c(N=Nc2c(C)cc(S(=O)(=O)O)cc2Cl)c1[O-].[Na+]. The molecule has 9 nitrogen and oxygen atoms in total. The van der Waals surface area contributed by atoms with Gasteiger partial charge in [-0.3, -0.25) is 9.35 Å². The van der Waals surface area contributed by atoms with Crippen LogP contribution in [-0.4, -0.2) is 25.5 Å². The van der Waals surface area contributed by atoms with Crippen molar-refractivity contribution in [1.29, 1.82) is 0 Å². The Kier molecular flexibility index (Phi) is 10.0. The van der Waals surface area contributed by atoms with Crippen molar-refractivity contribution in [3.05, 3.63) is 81.8 Å². The molecule has 0 saturated carbocycles. The summed E-state index contributed by atoms with van der Waals surface area (Å²) >= 11 is 12.5. The zero-order valence-corrected chi connectivity index (χ0v) is 25.4. The number of nitrogens with zero attached hydrogens (tertiary/aromatic N) is 2. The molecule has 0 aliphatic carbocycles. The molecular weight excluding hydrogens is 576 g/mol. The number of para-hydroxylation sites is 1. The van der Waals surface area contributed by atoms with E-state index in [4.69, 9.17) is 27.9 Å². The first-order valence-electron chi connectivity index (χ1n) is 11.2. The minimum absolute atomic E-state index is 0. The monoisotopic (exact) mass is 595 g/mol. The number of carbonyl (C=O) groups is 1. The molecule has 0 aliphatic heterocycles. The van der Waals surface area contributed by atoms with E-state index < -0.39 is 26.7 Å². The molecule has 0 bridgehead atoms. The number of rotatable bonds is 7. The maximum absolute atomic E-state index is 13.5. The van der Waals surface area contributed by atoms with Crippen LogP contribution >= 0.6 is 23.2 Å². The molecule has 4 aromatic rings. The molecule has 1 amide bonds. The van der Waals surface area contributed by atoms with Gasteiger partial charge in [0.05, 0.1) is 27.2 Å². The average Bonchev–Trinajstić information content (AvgIpc) is 2.85. The number of azo groups is 1. The molecule has 0 unspecified atom stereocenters. The summed E-state index contributed by atoms with van der Waals surface area (Å²) < 4.78 is 37.8. The third kappa shape index (κ3) is 6.72. The van der Waals surface area contributed by atoms with Crippen LogP contribution in [0.3, 0.4) is 0 Å². The molecule has 39 heavy (non-hydrogen) atoms. The molecule has 0 atom stereocenters. The number of hydrogen-bond donors (Lipinski definition) is 2. The van der Waals surface area contributed by atoms with Gasteiger partial charge in [-0.05, 0) is 55.1 Å². The normalized spacial score (nSPS) is 11.4. The van der Waals surface area contributed by atoms with Crippen molar-refractivity contribution in [2.45, 2.75) is 18.7 Å². The van der Waals surface area contributed by atoms with Crippen LogP contribution in [-0.2, 0) is 10.1 Å². The second-order valence-corrected chi connectivity index (χ2v) is 10.3. The molecule has 4 aromatic carbocycles. The zero-order chi connectivity index (χ0) is 27.6. The quantitative estimate of drug-likeness (QED) is 0.189. The second-order valence-electron chi connectivity index (χ2n) is 8.07.